The number of alkyl halides is 3. The smallest absolute Gasteiger partial charge is 0.406 e. The molecule has 12 heteroatoms. The van der Waals surface area contributed by atoms with Crippen molar-refractivity contribution in [3.05, 3.63) is 95.9 Å². The number of benzene rings is 3. The minimum atomic E-state index is -4.75. The maximum atomic E-state index is 12.4. The molecule has 1 saturated heterocycles. The van der Waals surface area contributed by atoms with Gasteiger partial charge in [0.1, 0.15) is 12.1 Å². The van der Waals surface area contributed by atoms with Crippen LogP contribution in [-0.2, 0) is 0 Å². The Morgan fingerprint density at radius 1 is 1.09 bits per heavy atom. The first-order valence-electron chi connectivity index (χ1n) is 14.1. The Morgan fingerprint density at radius 2 is 1.82 bits per heavy atom. The van der Waals surface area contributed by atoms with Gasteiger partial charge in [-0.2, -0.15) is 0 Å². The average Bonchev–Trinajstić information content (AvgIpc) is 3.66. The number of halogens is 3. The number of hydrogen-bond donors (Lipinski definition) is 2. The van der Waals surface area contributed by atoms with Crippen molar-refractivity contribution in [3.8, 4) is 22.8 Å². The monoisotopic (exact) mass is 622 g/mol. The summed E-state index contributed by atoms with van der Waals surface area (Å²) in [7, 11) is 0. The lowest BCUT2D eigenvalue weighted by molar-refractivity contribution is -0.274. The van der Waals surface area contributed by atoms with Gasteiger partial charge in [0.25, 0.3) is 0 Å². The number of aliphatic imine (C=N–C) groups is 1. The summed E-state index contributed by atoms with van der Waals surface area (Å²) >= 11 is 1.63. The SMILES string of the molecule is C/C(=C\NC(O)/N=C1\SCCN1c1cccc(C)c1C(C)C)c1ccc(-c2ncn(-c3ccc(OC(F)(F)F)cc3)n2)cc1. The van der Waals surface area contributed by atoms with Gasteiger partial charge in [-0.15, -0.1) is 18.3 Å². The lowest BCUT2D eigenvalue weighted by Gasteiger charge is -2.25. The van der Waals surface area contributed by atoms with Crippen molar-refractivity contribution < 1.29 is 23.0 Å². The molecular formula is C32H33F3N6O2S. The molecule has 1 atom stereocenters. The standard InChI is InChI=1S/C32H33F3N6O2S/c1-20(2)28-21(3)6-5-7-27(28)40-16-17-44-31(40)38-30(42)36-18-22(4)23-8-10-24(11-9-23)29-37-19-41(39-29)25-12-14-26(15-13-25)43-32(33,34)35/h5-15,18-20,30,36,42H,16-17H2,1-4H3/b22-18+,38-31-. The first-order valence-corrected chi connectivity index (χ1v) is 15.0. The van der Waals surface area contributed by atoms with E-state index in [-0.39, 0.29) is 5.75 Å². The lowest BCUT2D eigenvalue weighted by atomic mass is 9.95. The minimum absolute atomic E-state index is 0.308. The molecule has 8 nitrogen and oxygen atoms in total. The van der Waals surface area contributed by atoms with Crippen LogP contribution >= 0.6 is 11.8 Å². The van der Waals surface area contributed by atoms with Crippen molar-refractivity contribution in [2.75, 3.05) is 17.2 Å². The molecule has 0 amide bonds. The van der Waals surface area contributed by atoms with Crippen LogP contribution < -0.4 is 15.0 Å². The zero-order chi connectivity index (χ0) is 31.4. The highest BCUT2D eigenvalue weighted by atomic mass is 32.2. The van der Waals surface area contributed by atoms with E-state index in [9.17, 15) is 18.3 Å². The number of aromatic nitrogens is 3. The van der Waals surface area contributed by atoms with E-state index in [1.165, 1.54) is 46.4 Å². The van der Waals surface area contributed by atoms with Gasteiger partial charge in [0.15, 0.2) is 11.0 Å². The Hall–Kier alpha value is -4.29. The molecule has 1 fully saturated rings. The number of aliphatic hydroxyl groups is 1. The second kappa shape index (κ2) is 13.1. The number of anilines is 1. The highest BCUT2D eigenvalue weighted by molar-refractivity contribution is 8.14. The summed E-state index contributed by atoms with van der Waals surface area (Å²) in [5.41, 5.74) is 6.81. The quantitative estimate of drug-likeness (QED) is 0.193. The van der Waals surface area contributed by atoms with Crippen molar-refractivity contribution in [2.45, 2.75) is 46.3 Å². The van der Waals surface area contributed by atoms with Crippen LogP contribution in [-0.4, -0.2) is 50.1 Å². The van der Waals surface area contributed by atoms with Gasteiger partial charge in [-0.1, -0.05) is 62.0 Å². The van der Waals surface area contributed by atoms with Crippen molar-refractivity contribution in [2.24, 2.45) is 4.99 Å². The summed E-state index contributed by atoms with van der Waals surface area (Å²) in [4.78, 5) is 11.1. The third-order valence-corrected chi connectivity index (χ3v) is 8.02. The highest BCUT2D eigenvalue weighted by Gasteiger charge is 2.31. The molecule has 0 radical (unpaired) electrons. The fourth-order valence-electron chi connectivity index (χ4n) is 5.01. The fraction of sp³-hybridized carbons (Fsp3) is 0.281. The maximum absolute atomic E-state index is 12.4. The van der Waals surface area contributed by atoms with Crippen molar-refractivity contribution in [1.29, 1.82) is 0 Å². The molecule has 1 unspecified atom stereocenters. The third-order valence-electron chi connectivity index (χ3n) is 7.05. The van der Waals surface area contributed by atoms with E-state index in [1.807, 2.05) is 31.2 Å². The van der Waals surface area contributed by atoms with Crippen LogP contribution in [0.2, 0.25) is 0 Å². The minimum Gasteiger partial charge on any atom is -0.406 e. The van der Waals surface area contributed by atoms with Crippen LogP contribution in [0.25, 0.3) is 22.6 Å². The van der Waals surface area contributed by atoms with Gasteiger partial charge in [0, 0.05) is 29.7 Å². The molecule has 0 aliphatic carbocycles. The predicted molar refractivity (Wildman–Crippen MR) is 169 cm³/mol. The van der Waals surface area contributed by atoms with Gasteiger partial charge in [-0.3, -0.25) is 0 Å². The molecular weight excluding hydrogens is 589 g/mol. The number of rotatable bonds is 9. The van der Waals surface area contributed by atoms with Crippen molar-refractivity contribution >= 4 is 28.2 Å². The predicted octanol–water partition coefficient (Wildman–Crippen LogP) is 7.10. The molecule has 0 spiro atoms. The molecule has 230 valence electrons. The molecule has 2 heterocycles. The van der Waals surface area contributed by atoms with Crippen molar-refractivity contribution in [1.82, 2.24) is 20.1 Å². The Morgan fingerprint density at radius 3 is 2.50 bits per heavy atom. The van der Waals surface area contributed by atoms with Crippen LogP contribution in [0.5, 0.6) is 5.75 Å². The molecule has 3 aromatic carbocycles. The maximum Gasteiger partial charge on any atom is 0.573 e. The number of aliphatic hydroxyl groups excluding tert-OH is 1. The number of nitrogens with zero attached hydrogens (tertiary/aromatic N) is 5. The number of ether oxygens (including phenoxy) is 1. The number of nitrogens with one attached hydrogen (secondary N) is 1. The number of amidine groups is 1. The summed E-state index contributed by atoms with van der Waals surface area (Å²) in [6.45, 7) is 9.26. The zero-order valence-electron chi connectivity index (χ0n) is 24.7. The van der Waals surface area contributed by atoms with Crippen LogP contribution in [0.15, 0.2) is 84.2 Å². The largest absolute Gasteiger partial charge is 0.573 e. The molecule has 5 rings (SSSR count). The van der Waals surface area contributed by atoms with E-state index in [4.69, 9.17) is 0 Å². The van der Waals surface area contributed by atoms with E-state index < -0.39 is 12.7 Å². The van der Waals surface area contributed by atoms with Gasteiger partial charge >= 0.3 is 6.36 Å². The van der Waals surface area contributed by atoms with Gasteiger partial charge < -0.3 is 20.1 Å². The molecule has 1 aliphatic heterocycles. The Bertz CT molecular complexity index is 1650. The van der Waals surface area contributed by atoms with Crippen molar-refractivity contribution in [3.63, 3.8) is 0 Å². The summed E-state index contributed by atoms with van der Waals surface area (Å²) in [6, 6.07) is 19.3. The molecule has 0 saturated carbocycles. The second-order valence-electron chi connectivity index (χ2n) is 10.6. The summed E-state index contributed by atoms with van der Waals surface area (Å²) < 4.78 is 42.7. The van der Waals surface area contributed by atoms with Crippen LogP contribution in [0, 0.1) is 6.92 Å². The number of hydrogen-bond acceptors (Lipinski definition) is 7. The van der Waals surface area contributed by atoms with E-state index >= 15 is 0 Å². The van der Waals surface area contributed by atoms with Gasteiger partial charge in [0.2, 0.25) is 6.35 Å². The Balaban J connectivity index is 1.23. The van der Waals surface area contributed by atoms with Gasteiger partial charge in [-0.05, 0) is 72.4 Å². The normalized spacial score (nSPS) is 15.7. The number of aryl methyl sites for hydroxylation is 1. The van der Waals surface area contributed by atoms with E-state index in [0.29, 0.717) is 17.4 Å². The first kappa shape index (κ1) is 31.1. The fourth-order valence-corrected chi connectivity index (χ4v) is 5.99. The van der Waals surface area contributed by atoms with Gasteiger partial charge in [0.05, 0.1) is 5.69 Å². The Kier molecular flexibility index (Phi) is 9.31. The lowest BCUT2D eigenvalue weighted by Crippen LogP contribution is -2.30. The molecule has 44 heavy (non-hydrogen) atoms. The van der Waals surface area contributed by atoms with E-state index in [2.05, 4.69) is 69.0 Å². The van der Waals surface area contributed by atoms with E-state index in [0.717, 1.165) is 39.9 Å². The molecule has 2 N–H and O–H groups in total. The highest BCUT2D eigenvalue weighted by Crippen LogP contribution is 2.35. The van der Waals surface area contributed by atoms with Gasteiger partial charge in [-0.25, -0.2) is 14.7 Å². The number of allylic oxidation sites excluding steroid dienone is 1. The molecule has 1 aromatic heterocycles. The number of thioether (sulfide) groups is 1. The molecule has 4 aromatic rings. The molecule has 1 aliphatic rings. The zero-order valence-corrected chi connectivity index (χ0v) is 25.5. The summed E-state index contributed by atoms with van der Waals surface area (Å²) in [5.74, 6) is 1.42. The van der Waals surface area contributed by atoms with Crippen LogP contribution in [0.3, 0.4) is 0 Å². The Labute approximate surface area is 258 Å². The topological polar surface area (TPSA) is 87.8 Å². The van der Waals surface area contributed by atoms with Crippen LogP contribution in [0.1, 0.15) is 43.4 Å². The molecule has 0 bridgehead atoms. The second-order valence-corrected chi connectivity index (χ2v) is 11.6. The van der Waals surface area contributed by atoms with E-state index in [1.54, 1.807) is 18.0 Å². The summed E-state index contributed by atoms with van der Waals surface area (Å²) in [6.07, 6.45) is -2.63. The van der Waals surface area contributed by atoms with Crippen LogP contribution in [0.4, 0.5) is 18.9 Å². The third kappa shape index (κ3) is 7.43. The average molecular weight is 623 g/mol. The summed E-state index contributed by atoms with van der Waals surface area (Å²) in [5, 5.41) is 18.9. The first-order chi connectivity index (χ1) is 21.0.